The molecule has 0 N–H and O–H groups in total. The van der Waals surface area contributed by atoms with Gasteiger partial charge in [-0.25, -0.2) is 8.42 Å². The highest BCUT2D eigenvalue weighted by atomic mass is 32.2. The third-order valence-electron chi connectivity index (χ3n) is 3.11. The van der Waals surface area contributed by atoms with Crippen molar-refractivity contribution in [1.82, 2.24) is 0 Å². The summed E-state index contributed by atoms with van der Waals surface area (Å²) in [6.07, 6.45) is 3.71. The van der Waals surface area contributed by atoms with Gasteiger partial charge in [-0.2, -0.15) is 0 Å². The van der Waals surface area contributed by atoms with Crippen LogP contribution < -0.4 is 0 Å². The van der Waals surface area contributed by atoms with Gasteiger partial charge in [-0.15, -0.1) is 0 Å². The third kappa shape index (κ3) is 1.59. The normalized spacial score (nSPS) is 15.6. The minimum atomic E-state index is -3.42. The van der Waals surface area contributed by atoms with E-state index in [9.17, 15) is 8.42 Å². The summed E-state index contributed by atoms with van der Waals surface area (Å²) in [7, 11) is -3.42. The number of sulfone groups is 1. The highest BCUT2D eigenvalue weighted by Gasteiger charge is 2.24. The van der Waals surface area contributed by atoms with E-state index in [1.807, 2.05) is 43.3 Å². The van der Waals surface area contributed by atoms with Crippen molar-refractivity contribution in [2.45, 2.75) is 16.7 Å². The summed E-state index contributed by atoms with van der Waals surface area (Å²) in [5, 5.41) is 0. The fourth-order valence-corrected chi connectivity index (χ4v) is 3.90. The van der Waals surface area contributed by atoms with Gasteiger partial charge in [0.1, 0.15) is 0 Å². The second-order valence-corrected chi connectivity index (χ2v) is 6.30. The van der Waals surface area contributed by atoms with E-state index in [0.717, 1.165) is 16.7 Å². The zero-order valence-corrected chi connectivity index (χ0v) is 10.7. The number of hydrogen-bond acceptors (Lipinski definition) is 2. The van der Waals surface area contributed by atoms with E-state index in [2.05, 4.69) is 0 Å². The Balaban J connectivity index is 2.42. The van der Waals surface area contributed by atoms with Gasteiger partial charge in [0.2, 0.25) is 9.84 Å². The van der Waals surface area contributed by atoms with Crippen LogP contribution >= 0.6 is 0 Å². The van der Waals surface area contributed by atoms with Gasteiger partial charge in [0.05, 0.1) is 9.79 Å². The molecule has 2 aromatic carbocycles. The van der Waals surface area contributed by atoms with Gasteiger partial charge in [0.15, 0.2) is 0 Å². The molecule has 2 nitrogen and oxygen atoms in total. The molecule has 90 valence electrons. The Morgan fingerprint density at radius 3 is 2.28 bits per heavy atom. The van der Waals surface area contributed by atoms with E-state index in [1.54, 1.807) is 18.2 Å². The average Bonchev–Trinajstić information content (AvgIpc) is 2.47. The molecule has 0 saturated carbocycles. The van der Waals surface area contributed by atoms with Crippen LogP contribution in [0.1, 0.15) is 16.7 Å². The largest absolute Gasteiger partial charge is 0.218 e. The SMILES string of the molecule is Cc1ccc2c(c1)S(=O)(=O)c1ccccc1C=C2. The summed E-state index contributed by atoms with van der Waals surface area (Å²) in [5.74, 6) is 0. The molecule has 0 spiro atoms. The maximum atomic E-state index is 12.6. The van der Waals surface area contributed by atoms with Crippen molar-refractivity contribution < 1.29 is 8.42 Å². The van der Waals surface area contributed by atoms with Crippen LogP contribution in [0.25, 0.3) is 12.2 Å². The van der Waals surface area contributed by atoms with Crippen LogP contribution in [0.15, 0.2) is 52.3 Å². The fourth-order valence-electron chi connectivity index (χ4n) is 2.17. The van der Waals surface area contributed by atoms with E-state index in [0.29, 0.717) is 9.79 Å². The number of aryl methyl sites for hydroxylation is 1. The molecule has 0 radical (unpaired) electrons. The lowest BCUT2D eigenvalue weighted by atomic mass is 10.1. The fraction of sp³-hybridized carbons (Fsp3) is 0.0667. The second kappa shape index (κ2) is 3.82. The van der Waals surface area contributed by atoms with Crippen molar-refractivity contribution >= 4 is 22.0 Å². The first-order chi connectivity index (χ1) is 8.59. The molecule has 0 amide bonds. The molecule has 0 fully saturated rings. The number of benzene rings is 2. The quantitative estimate of drug-likeness (QED) is 0.618. The van der Waals surface area contributed by atoms with Crippen molar-refractivity contribution in [3.05, 3.63) is 59.2 Å². The molecule has 1 aliphatic rings. The van der Waals surface area contributed by atoms with Crippen LogP contribution in [0.2, 0.25) is 0 Å². The number of rotatable bonds is 0. The predicted octanol–water partition coefficient (Wildman–Crippen LogP) is 3.31. The molecular formula is C15H12O2S. The lowest BCUT2D eigenvalue weighted by molar-refractivity contribution is 0.596. The van der Waals surface area contributed by atoms with Gasteiger partial charge in [0.25, 0.3) is 0 Å². The first-order valence-electron chi connectivity index (χ1n) is 5.72. The zero-order chi connectivity index (χ0) is 12.8. The Bertz CT molecular complexity index is 756. The first kappa shape index (κ1) is 11.2. The van der Waals surface area contributed by atoms with Crippen molar-refractivity contribution in [3.8, 4) is 0 Å². The Morgan fingerprint density at radius 2 is 1.50 bits per heavy atom. The van der Waals surface area contributed by atoms with E-state index in [1.165, 1.54) is 0 Å². The molecular weight excluding hydrogens is 244 g/mol. The van der Waals surface area contributed by atoms with Gasteiger partial charge in [-0.3, -0.25) is 0 Å². The van der Waals surface area contributed by atoms with Gasteiger partial charge >= 0.3 is 0 Å². The molecule has 0 aromatic heterocycles. The Kier molecular flexibility index (Phi) is 2.38. The molecule has 1 aliphatic heterocycles. The minimum Gasteiger partial charge on any atom is -0.218 e. The zero-order valence-electron chi connectivity index (χ0n) is 9.92. The van der Waals surface area contributed by atoms with Crippen LogP contribution in [-0.4, -0.2) is 8.42 Å². The summed E-state index contributed by atoms with van der Waals surface area (Å²) in [6, 6.07) is 12.6. The van der Waals surface area contributed by atoms with E-state index >= 15 is 0 Å². The third-order valence-corrected chi connectivity index (χ3v) is 4.99. The number of fused-ring (bicyclic) bond motifs is 2. The van der Waals surface area contributed by atoms with E-state index in [-0.39, 0.29) is 0 Å². The predicted molar refractivity (Wildman–Crippen MR) is 72.0 cm³/mol. The smallest absolute Gasteiger partial charge is 0.207 e. The summed E-state index contributed by atoms with van der Waals surface area (Å²) >= 11 is 0. The monoisotopic (exact) mass is 256 g/mol. The molecule has 1 heterocycles. The van der Waals surface area contributed by atoms with Crippen LogP contribution in [0.5, 0.6) is 0 Å². The van der Waals surface area contributed by atoms with E-state index < -0.39 is 9.84 Å². The molecule has 2 aromatic rings. The van der Waals surface area contributed by atoms with E-state index in [4.69, 9.17) is 0 Å². The molecule has 0 atom stereocenters. The minimum absolute atomic E-state index is 0.380. The molecule has 0 bridgehead atoms. The summed E-state index contributed by atoms with van der Waals surface area (Å²) in [5.41, 5.74) is 2.44. The Hall–Kier alpha value is -1.87. The molecule has 0 unspecified atom stereocenters. The molecule has 0 saturated heterocycles. The second-order valence-electron chi connectivity index (χ2n) is 4.42. The van der Waals surface area contributed by atoms with Gasteiger partial charge in [0, 0.05) is 0 Å². The van der Waals surface area contributed by atoms with Crippen LogP contribution in [0.4, 0.5) is 0 Å². The highest BCUT2D eigenvalue weighted by molar-refractivity contribution is 7.91. The van der Waals surface area contributed by atoms with Crippen molar-refractivity contribution in [1.29, 1.82) is 0 Å². The van der Waals surface area contributed by atoms with Gasteiger partial charge in [-0.05, 0) is 35.7 Å². The van der Waals surface area contributed by atoms with Crippen LogP contribution in [0, 0.1) is 6.92 Å². The highest BCUT2D eigenvalue weighted by Crippen LogP contribution is 2.32. The topological polar surface area (TPSA) is 34.1 Å². The average molecular weight is 256 g/mol. The lowest BCUT2D eigenvalue weighted by Gasteiger charge is -2.08. The van der Waals surface area contributed by atoms with Crippen molar-refractivity contribution in [2.24, 2.45) is 0 Å². The molecule has 0 aliphatic carbocycles. The molecule has 3 rings (SSSR count). The van der Waals surface area contributed by atoms with Crippen LogP contribution in [0.3, 0.4) is 0 Å². The summed E-state index contributed by atoms with van der Waals surface area (Å²) < 4.78 is 25.3. The Labute approximate surface area is 107 Å². The Morgan fingerprint density at radius 1 is 0.833 bits per heavy atom. The molecule has 18 heavy (non-hydrogen) atoms. The maximum absolute atomic E-state index is 12.6. The first-order valence-corrected chi connectivity index (χ1v) is 7.20. The maximum Gasteiger partial charge on any atom is 0.207 e. The van der Waals surface area contributed by atoms with Crippen molar-refractivity contribution in [2.75, 3.05) is 0 Å². The van der Waals surface area contributed by atoms with Gasteiger partial charge in [-0.1, -0.05) is 42.5 Å². The standard InChI is InChI=1S/C15H12O2S/c1-11-6-7-13-9-8-12-4-2-3-5-14(12)18(16,17)15(13)10-11/h2-10H,1H3. The van der Waals surface area contributed by atoms with Crippen molar-refractivity contribution in [3.63, 3.8) is 0 Å². The van der Waals surface area contributed by atoms with Gasteiger partial charge < -0.3 is 0 Å². The lowest BCUT2D eigenvalue weighted by Crippen LogP contribution is -2.04. The number of hydrogen-bond donors (Lipinski definition) is 0. The summed E-state index contributed by atoms with van der Waals surface area (Å²) in [6.45, 7) is 1.90. The molecule has 3 heteroatoms. The summed E-state index contributed by atoms with van der Waals surface area (Å²) in [4.78, 5) is 0.773. The van der Waals surface area contributed by atoms with Crippen LogP contribution in [-0.2, 0) is 9.84 Å².